The maximum atomic E-state index is 11.7. The highest BCUT2D eigenvalue weighted by Gasteiger charge is 2.26. The third-order valence-corrected chi connectivity index (χ3v) is 5.23. The molecule has 1 aliphatic heterocycles. The molecule has 0 saturated carbocycles. The van der Waals surface area contributed by atoms with Gasteiger partial charge in [-0.15, -0.1) is 0 Å². The summed E-state index contributed by atoms with van der Waals surface area (Å²) in [7, 11) is 1.46. The van der Waals surface area contributed by atoms with Gasteiger partial charge in [-0.2, -0.15) is 0 Å². The van der Waals surface area contributed by atoms with Crippen molar-refractivity contribution in [3.8, 4) is 0 Å². The van der Waals surface area contributed by atoms with Gasteiger partial charge in [0.2, 0.25) is 0 Å². The van der Waals surface area contributed by atoms with E-state index >= 15 is 0 Å². The van der Waals surface area contributed by atoms with Crippen molar-refractivity contribution in [2.75, 3.05) is 33.3 Å². The fraction of sp³-hybridized carbons (Fsp3) is 0.524. The van der Waals surface area contributed by atoms with Crippen molar-refractivity contribution < 1.29 is 9.53 Å². The van der Waals surface area contributed by atoms with Crippen LogP contribution in [0.1, 0.15) is 30.9 Å². The first kappa shape index (κ1) is 19.3. The highest BCUT2D eigenvalue weighted by atomic mass is 16.5. The van der Waals surface area contributed by atoms with Gasteiger partial charge in [-0.05, 0) is 50.3 Å². The third-order valence-electron chi connectivity index (χ3n) is 5.23. The van der Waals surface area contributed by atoms with Crippen molar-refractivity contribution in [1.29, 1.82) is 0 Å². The number of aromatic nitrogens is 1. The van der Waals surface area contributed by atoms with Crippen molar-refractivity contribution in [3.05, 3.63) is 35.5 Å². The quantitative estimate of drug-likeness (QED) is 0.482. The Kier molecular flexibility index (Phi) is 6.37. The molecule has 2 heterocycles. The van der Waals surface area contributed by atoms with E-state index in [0.29, 0.717) is 0 Å². The summed E-state index contributed by atoms with van der Waals surface area (Å²) < 4.78 is 4.88. The van der Waals surface area contributed by atoms with Gasteiger partial charge < -0.3 is 19.9 Å². The van der Waals surface area contributed by atoms with Gasteiger partial charge in [-0.1, -0.05) is 12.1 Å². The summed E-state index contributed by atoms with van der Waals surface area (Å²) in [4.78, 5) is 22.1. The van der Waals surface area contributed by atoms with E-state index in [2.05, 4.69) is 53.4 Å². The summed E-state index contributed by atoms with van der Waals surface area (Å²) in [6.45, 7) is 7.42. The van der Waals surface area contributed by atoms with Gasteiger partial charge in [0.05, 0.1) is 13.0 Å². The van der Waals surface area contributed by atoms with Gasteiger partial charge in [0.15, 0.2) is 5.96 Å². The normalized spacial score (nSPS) is 16.0. The molecule has 0 radical (unpaired) electrons. The van der Waals surface area contributed by atoms with Gasteiger partial charge in [0.1, 0.15) is 0 Å². The molecule has 0 aliphatic carbocycles. The number of nitrogens with zero attached hydrogens (tertiary/aromatic N) is 2. The lowest BCUT2D eigenvalue weighted by atomic mass is 9.97. The van der Waals surface area contributed by atoms with Crippen LogP contribution in [0.15, 0.2) is 29.4 Å². The standard InChI is InChI=1S/C21H30N4O2/c1-4-22-21(25-11-8-16(9-12-25)20(26)27-3)23-10-7-17-14-24-19-13-15(2)5-6-18(17)19/h5-6,13-14,16,24H,4,7-12H2,1-3H3,(H,22,23). The highest BCUT2D eigenvalue weighted by Crippen LogP contribution is 2.21. The number of hydrogen-bond donors (Lipinski definition) is 2. The number of aromatic amines is 1. The van der Waals surface area contributed by atoms with Crippen molar-refractivity contribution in [1.82, 2.24) is 15.2 Å². The molecule has 1 aliphatic rings. The molecule has 2 aromatic rings. The zero-order valence-corrected chi connectivity index (χ0v) is 16.5. The number of ether oxygens (including phenoxy) is 1. The first-order chi connectivity index (χ1) is 13.1. The predicted octanol–water partition coefficient (Wildman–Crippen LogP) is 2.87. The van der Waals surface area contributed by atoms with Crippen LogP contribution in [0.4, 0.5) is 0 Å². The minimum atomic E-state index is -0.0915. The first-order valence-corrected chi connectivity index (χ1v) is 9.80. The van der Waals surface area contributed by atoms with Gasteiger partial charge in [0, 0.05) is 43.3 Å². The number of esters is 1. The smallest absolute Gasteiger partial charge is 0.308 e. The van der Waals surface area contributed by atoms with Crippen LogP contribution in [0.25, 0.3) is 10.9 Å². The van der Waals surface area contributed by atoms with Crippen molar-refractivity contribution in [2.24, 2.45) is 10.9 Å². The molecule has 0 bridgehead atoms. The lowest BCUT2D eigenvalue weighted by Gasteiger charge is -2.33. The lowest BCUT2D eigenvalue weighted by molar-refractivity contribution is -0.146. The average Bonchev–Trinajstić information content (AvgIpc) is 3.09. The number of carbonyl (C=O) groups is 1. The zero-order valence-electron chi connectivity index (χ0n) is 16.5. The number of methoxy groups -OCH3 is 1. The number of benzene rings is 1. The molecule has 1 saturated heterocycles. The van der Waals surface area contributed by atoms with E-state index in [1.807, 2.05) is 0 Å². The van der Waals surface area contributed by atoms with Crippen molar-refractivity contribution >= 4 is 22.8 Å². The fourth-order valence-electron chi connectivity index (χ4n) is 3.71. The molecule has 1 aromatic carbocycles. The van der Waals surface area contributed by atoms with Gasteiger partial charge in [0.25, 0.3) is 0 Å². The SMILES string of the molecule is CCNC(=NCCc1c[nH]c2cc(C)ccc12)N1CCC(C(=O)OC)CC1. The number of H-pyrrole nitrogens is 1. The van der Waals surface area contributed by atoms with Crippen LogP contribution in [0.5, 0.6) is 0 Å². The molecule has 2 N–H and O–H groups in total. The zero-order chi connectivity index (χ0) is 19.2. The van der Waals surface area contributed by atoms with E-state index in [1.54, 1.807) is 0 Å². The van der Waals surface area contributed by atoms with Crippen LogP contribution in [0.3, 0.4) is 0 Å². The monoisotopic (exact) mass is 370 g/mol. The molecule has 1 aromatic heterocycles. The number of fused-ring (bicyclic) bond motifs is 1. The van der Waals surface area contributed by atoms with Gasteiger partial charge in [-0.25, -0.2) is 0 Å². The van der Waals surface area contributed by atoms with E-state index in [-0.39, 0.29) is 11.9 Å². The Hall–Kier alpha value is -2.50. The second-order valence-corrected chi connectivity index (χ2v) is 7.13. The number of piperidine rings is 1. The van der Waals surface area contributed by atoms with Crippen LogP contribution in [0.2, 0.25) is 0 Å². The second-order valence-electron chi connectivity index (χ2n) is 7.13. The van der Waals surface area contributed by atoms with Crippen LogP contribution in [-0.2, 0) is 16.0 Å². The third kappa shape index (κ3) is 4.62. The van der Waals surface area contributed by atoms with Crippen molar-refractivity contribution in [3.63, 3.8) is 0 Å². The second kappa shape index (κ2) is 8.93. The largest absolute Gasteiger partial charge is 0.469 e. The molecule has 3 rings (SSSR count). The van der Waals surface area contributed by atoms with Gasteiger partial charge in [-0.3, -0.25) is 9.79 Å². The Bertz CT molecular complexity index is 804. The lowest BCUT2D eigenvalue weighted by Crippen LogP contribution is -2.46. The molecule has 0 unspecified atom stereocenters. The molecule has 27 heavy (non-hydrogen) atoms. The number of nitrogens with one attached hydrogen (secondary N) is 2. The Morgan fingerprint density at radius 2 is 2.15 bits per heavy atom. The summed E-state index contributed by atoms with van der Waals surface area (Å²) in [5.41, 5.74) is 3.75. The predicted molar refractivity (Wildman–Crippen MR) is 109 cm³/mol. The molecule has 0 amide bonds. The molecule has 6 heteroatoms. The van der Waals surface area contributed by atoms with Crippen LogP contribution >= 0.6 is 0 Å². The number of hydrogen-bond acceptors (Lipinski definition) is 3. The van der Waals surface area contributed by atoms with E-state index in [0.717, 1.165) is 51.4 Å². The highest BCUT2D eigenvalue weighted by molar-refractivity contribution is 5.84. The Labute approximate surface area is 161 Å². The maximum absolute atomic E-state index is 11.7. The summed E-state index contributed by atoms with van der Waals surface area (Å²) >= 11 is 0. The molecule has 0 atom stereocenters. The van der Waals surface area contributed by atoms with E-state index in [1.165, 1.54) is 29.1 Å². The summed E-state index contributed by atoms with van der Waals surface area (Å²) in [6, 6.07) is 6.51. The van der Waals surface area contributed by atoms with Crippen molar-refractivity contribution in [2.45, 2.75) is 33.1 Å². The average molecular weight is 370 g/mol. The minimum absolute atomic E-state index is 0.0174. The first-order valence-electron chi connectivity index (χ1n) is 9.80. The number of aryl methyl sites for hydroxylation is 1. The Balaban J connectivity index is 1.61. The van der Waals surface area contributed by atoms with Gasteiger partial charge >= 0.3 is 5.97 Å². The number of guanidine groups is 1. The van der Waals surface area contributed by atoms with E-state index in [4.69, 9.17) is 9.73 Å². The molecule has 6 nitrogen and oxygen atoms in total. The molecule has 1 fully saturated rings. The van der Waals surface area contributed by atoms with Crippen LogP contribution < -0.4 is 5.32 Å². The molecular formula is C21H30N4O2. The van der Waals surface area contributed by atoms with E-state index in [9.17, 15) is 4.79 Å². The summed E-state index contributed by atoms with van der Waals surface area (Å²) in [5.74, 6) is 0.867. The molecule has 0 spiro atoms. The molecule has 146 valence electrons. The number of aliphatic imine (C=N–C) groups is 1. The topological polar surface area (TPSA) is 69.7 Å². The maximum Gasteiger partial charge on any atom is 0.308 e. The fourth-order valence-corrected chi connectivity index (χ4v) is 3.71. The summed E-state index contributed by atoms with van der Waals surface area (Å²) in [5, 5.41) is 4.66. The number of likely N-dealkylation sites (tertiary alicyclic amines) is 1. The number of rotatable bonds is 5. The Morgan fingerprint density at radius 3 is 2.85 bits per heavy atom. The van der Waals surface area contributed by atoms with Crippen LogP contribution in [-0.4, -0.2) is 55.1 Å². The number of carbonyl (C=O) groups excluding carboxylic acids is 1. The minimum Gasteiger partial charge on any atom is -0.469 e. The van der Waals surface area contributed by atoms with E-state index < -0.39 is 0 Å². The molecular weight excluding hydrogens is 340 g/mol. The van der Waals surface area contributed by atoms with Crippen LogP contribution in [0, 0.1) is 12.8 Å². The summed E-state index contributed by atoms with van der Waals surface area (Å²) in [6.07, 6.45) is 4.63. The Morgan fingerprint density at radius 1 is 1.37 bits per heavy atom.